The van der Waals surface area contributed by atoms with Crippen LogP contribution >= 0.6 is 0 Å². The van der Waals surface area contributed by atoms with Gasteiger partial charge in [-0.1, -0.05) is 13.8 Å². The summed E-state index contributed by atoms with van der Waals surface area (Å²) in [7, 11) is 0. The molecule has 1 heterocycles. The molecule has 17 heavy (non-hydrogen) atoms. The van der Waals surface area contributed by atoms with E-state index >= 15 is 0 Å². The molecule has 3 nitrogen and oxygen atoms in total. The number of nitrogens with one attached hydrogen (secondary N) is 1. The molecule has 0 aliphatic carbocycles. The van der Waals surface area contributed by atoms with Gasteiger partial charge in [0.1, 0.15) is 11.4 Å². The fourth-order valence-electron chi connectivity index (χ4n) is 1.28. The Morgan fingerprint density at radius 1 is 1.41 bits per heavy atom. The van der Waals surface area contributed by atoms with E-state index in [1.165, 1.54) is 12.3 Å². The Hall–Kier alpha value is -1.16. The first-order valence-electron chi connectivity index (χ1n) is 6.02. The van der Waals surface area contributed by atoms with Gasteiger partial charge < -0.3 is 10.1 Å². The lowest BCUT2D eigenvalue weighted by Crippen LogP contribution is -2.28. The number of rotatable bonds is 6. The van der Waals surface area contributed by atoms with Crippen molar-refractivity contribution in [2.75, 3.05) is 6.54 Å². The summed E-state index contributed by atoms with van der Waals surface area (Å²) in [5, 5.41) is 3.15. The molecule has 0 bridgehead atoms. The number of ether oxygens (including phenoxy) is 1. The number of aromatic nitrogens is 1. The average Bonchev–Trinajstić information content (AvgIpc) is 2.29. The number of halogens is 1. The quantitative estimate of drug-likeness (QED) is 0.830. The van der Waals surface area contributed by atoms with Crippen LogP contribution in [-0.4, -0.2) is 17.1 Å². The van der Waals surface area contributed by atoms with Crippen LogP contribution in [0.5, 0.6) is 5.88 Å². The SMILES string of the molecule is CCNCc1cc(F)cnc1OC(C)(C)CC. The van der Waals surface area contributed by atoms with E-state index in [2.05, 4.69) is 10.3 Å². The number of pyridine rings is 1. The normalized spacial score (nSPS) is 11.6. The van der Waals surface area contributed by atoms with Crippen LogP contribution in [0.3, 0.4) is 0 Å². The van der Waals surface area contributed by atoms with Crippen LogP contribution in [0.2, 0.25) is 0 Å². The Bertz CT molecular complexity index is 366. The van der Waals surface area contributed by atoms with Crippen LogP contribution in [0.1, 0.15) is 39.7 Å². The maximum Gasteiger partial charge on any atom is 0.218 e. The molecular formula is C13H21FN2O. The van der Waals surface area contributed by atoms with Gasteiger partial charge in [-0.15, -0.1) is 0 Å². The molecule has 0 aromatic carbocycles. The van der Waals surface area contributed by atoms with Crippen LogP contribution in [0.15, 0.2) is 12.3 Å². The van der Waals surface area contributed by atoms with Gasteiger partial charge in [0.05, 0.1) is 6.20 Å². The summed E-state index contributed by atoms with van der Waals surface area (Å²) >= 11 is 0. The number of hydrogen-bond donors (Lipinski definition) is 1. The van der Waals surface area contributed by atoms with Crippen LogP contribution < -0.4 is 10.1 Å². The lowest BCUT2D eigenvalue weighted by molar-refractivity contribution is 0.0971. The van der Waals surface area contributed by atoms with Gasteiger partial charge in [0.15, 0.2) is 0 Å². The molecular weight excluding hydrogens is 219 g/mol. The van der Waals surface area contributed by atoms with Gasteiger partial charge in [-0.25, -0.2) is 9.37 Å². The molecule has 0 aliphatic heterocycles. The largest absolute Gasteiger partial charge is 0.471 e. The minimum atomic E-state index is -0.334. The molecule has 0 saturated heterocycles. The fraction of sp³-hybridized carbons (Fsp3) is 0.615. The highest BCUT2D eigenvalue weighted by Crippen LogP contribution is 2.23. The summed E-state index contributed by atoms with van der Waals surface area (Å²) in [6.45, 7) is 9.43. The smallest absolute Gasteiger partial charge is 0.218 e. The van der Waals surface area contributed by atoms with Gasteiger partial charge in [-0.05, 0) is 32.9 Å². The summed E-state index contributed by atoms with van der Waals surface area (Å²) in [6, 6.07) is 1.47. The lowest BCUT2D eigenvalue weighted by Gasteiger charge is -2.25. The minimum Gasteiger partial charge on any atom is -0.471 e. The molecule has 4 heteroatoms. The Balaban J connectivity index is 2.89. The molecule has 1 aromatic heterocycles. The van der Waals surface area contributed by atoms with E-state index in [9.17, 15) is 4.39 Å². The Labute approximate surface area is 102 Å². The molecule has 0 amide bonds. The van der Waals surface area contributed by atoms with Crippen molar-refractivity contribution in [3.05, 3.63) is 23.6 Å². The monoisotopic (exact) mass is 240 g/mol. The van der Waals surface area contributed by atoms with Crippen LogP contribution in [-0.2, 0) is 6.54 Å². The minimum absolute atomic E-state index is 0.286. The van der Waals surface area contributed by atoms with Crippen LogP contribution in [0.25, 0.3) is 0 Å². The summed E-state index contributed by atoms with van der Waals surface area (Å²) in [4.78, 5) is 4.03. The van der Waals surface area contributed by atoms with Gasteiger partial charge in [0, 0.05) is 12.1 Å². The van der Waals surface area contributed by atoms with Crippen molar-refractivity contribution in [1.82, 2.24) is 10.3 Å². The molecule has 1 rings (SSSR count). The predicted octanol–water partition coefficient (Wildman–Crippen LogP) is 2.90. The van der Waals surface area contributed by atoms with Crippen molar-refractivity contribution in [2.45, 2.75) is 46.3 Å². The second-order valence-electron chi connectivity index (χ2n) is 4.61. The Morgan fingerprint density at radius 3 is 2.71 bits per heavy atom. The van der Waals surface area contributed by atoms with E-state index in [1.807, 2.05) is 27.7 Å². The highest BCUT2D eigenvalue weighted by molar-refractivity contribution is 5.26. The highest BCUT2D eigenvalue weighted by Gasteiger charge is 2.19. The third-order valence-electron chi connectivity index (χ3n) is 2.68. The van der Waals surface area contributed by atoms with Crippen molar-refractivity contribution >= 4 is 0 Å². The molecule has 0 atom stereocenters. The van der Waals surface area contributed by atoms with Crippen molar-refractivity contribution in [3.63, 3.8) is 0 Å². The summed E-state index contributed by atoms with van der Waals surface area (Å²) in [6.07, 6.45) is 2.06. The van der Waals surface area contributed by atoms with E-state index < -0.39 is 0 Å². The summed E-state index contributed by atoms with van der Waals surface area (Å²) in [5.74, 6) is 0.179. The standard InChI is InChI=1S/C13H21FN2O/c1-5-13(3,4)17-12-10(8-15-6-2)7-11(14)9-16-12/h7,9,15H,5-6,8H2,1-4H3. The zero-order valence-corrected chi connectivity index (χ0v) is 11.0. The molecule has 1 aromatic rings. The summed E-state index contributed by atoms with van der Waals surface area (Å²) in [5.41, 5.74) is 0.472. The maximum absolute atomic E-state index is 13.1. The van der Waals surface area contributed by atoms with E-state index in [0.29, 0.717) is 12.4 Å². The van der Waals surface area contributed by atoms with Gasteiger partial charge in [0.25, 0.3) is 0 Å². The second kappa shape index (κ2) is 5.96. The lowest BCUT2D eigenvalue weighted by atomic mass is 10.1. The Morgan fingerprint density at radius 2 is 2.12 bits per heavy atom. The van der Waals surface area contributed by atoms with Crippen LogP contribution in [0, 0.1) is 5.82 Å². The van der Waals surface area contributed by atoms with Gasteiger partial charge in [0.2, 0.25) is 5.88 Å². The molecule has 0 spiro atoms. The first-order chi connectivity index (χ1) is 7.98. The van der Waals surface area contributed by atoms with Crippen LogP contribution in [0.4, 0.5) is 4.39 Å². The molecule has 0 aliphatic rings. The third kappa shape index (κ3) is 4.30. The fourth-order valence-corrected chi connectivity index (χ4v) is 1.28. The first-order valence-corrected chi connectivity index (χ1v) is 6.02. The van der Waals surface area contributed by atoms with Crippen molar-refractivity contribution in [2.24, 2.45) is 0 Å². The second-order valence-corrected chi connectivity index (χ2v) is 4.61. The topological polar surface area (TPSA) is 34.2 Å². The zero-order chi connectivity index (χ0) is 12.9. The number of hydrogen-bond acceptors (Lipinski definition) is 3. The van der Waals surface area contributed by atoms with E-state index in [0.717, 1.165) is 18.5 Å². The number of nitrogens with zero attached hydrogens (tertiary/aromatic N) is 1. The van der Waals surface area contributed by atoms with Gasteiger partial charge in [-0.2, -0.15) is 0 Å². The van der Waals surface area contributed by atoms with E-state index in [-0.39, 0.29) is 11.4 Å². The predicted molar refractivity (Wildman–Crippen MR) is 66.6 cm³/mol. The van der Waals surface area contributed by atoms with Crippen molar-refractivity contribution in [1.29, 1.82) is 0 Å². The van der Waals surface area contributed by atoms with E-state index in [1.54, 1.807) is 0 Å². The van der Waals surface area contributed by atoms with Gasteiger partial charge >= 0.3 is 0 Å². The van der Waals surface area contributed by atoms with Crippen molar-refractivity contribution in [3.8, 4) is 5.88 Å². The molecule has 0 fully saturated rings. The van der Waals surface area contributed by atoms with Crippen molar-refractivity contribution < 1.29 is 9.13 Å². The molecule has 0 saturated carbocycles. The Kier molecular flexibility index (Phi) is 4.87. The van der Waals surface area contributed by atoms with E-state index in [4.69, 9.17) is 4.74 Å². The summed E-state index contributed by atoms with van der Waals surface area (Å²) < 4.78 is 19.0. The first kappa shape index (κ1) is 13.9. The zero-order valence-electron chi connectivity index (χ0n) is 11.0. The molecule has 96 valence electrons. The highest BCUT2D eigenvalue weighted by atomic mass is 19.1. The van der Waals surface area contributed by atoms with Gasteiger partial charge in [-0.3, -0.25) is 0 Å². The molecule has 0 unspecified atom stereocenters. The molecule has 0 radical (unpaired) electrons. The third-order valence-corrected chi connectivity index (χ3v) is 2.68. The maximum atomic E-state index is 13.1. The average molecular weight is 240 g/mol. The molecule has 1 N–H and O–H groups in total.